The molecule has 5 heteroatoms. The second kappa shape index (κ2) is 7.26. The van der Waals surface area contributed by atoms with Gasteiger partial charge in [0.25, 0.3) is 0 Å². The van der Waals surface area contributed by atoms with Crippen LogP contribution in [0.25, 0.3) is 0 Å². The van der Waals surface area contributed by atoms with Gasteiger partial charge in [-0.2, -0.15) is 0 Å². The molecule has 1 heterocycles. The minimum absolute atomic E-state index is 0. The average molecular weight is 283 g/mol. The summed E-state index contributed by atoms with van der Waals surface area (Å²) in [4.78, 5) is 25.4. The van der Waals surface area contributed by atoms with Gasteiger partial charge in [-0.1, -0.05) is 30.3 Å². The van der Waals surface area contributed by atoms with Crippen molar-refractivity contribution in [3.8, 4) is 0 Å². The van der Waals surface area contributed by atoms with Gasteiger partial charge >= 0.3 is 0 Å². The van der Waals surface area contributed by atoms with Crippen LogP contribution in [0.3, 0.4) is 0 Å². The van der Waals surface area contributed by atoms with E-state index in [1.54, 1.807) is 4.90 Å². The Morgan fingerprint density at radius 2 is 1.74 bits per heavy atom. The van der Waals surface area contributed by atoms with Crippen LogP contribution in [0.5, 0.6) is 0 Å². The summed E-state index contributed by atoms with van der Waals surface area (Å²) in [6, 6.07) is 9.35. The molecule has 1 aromatic rings. The molecule has 0 saturated carbocycles. The molecule has 104 valence electrons. The van der Waals surface area contributed by atoms with Gasteiger partial charge in [-0.25, -0.2) is 0 Å². The maximum atomic E-state index is 12.2. The molecule has 1 aliphatic rings. The van der Waals surface area contributed by atoms with Crippen LogP contribution in [0, 0.1) is 5.92 Å². The van der Waals surface area contributed by atoms with Crippen LogP contribution in [0.4, 0.5) is 0 Å². The van der Waals surface area contributed by atoms with E-state index in [0.29, 0.717) is 13.1 Å². The fourth-order valence-electron chi connectivity index (χ4n) is 2.36. The second-order valence-corrected chi connectivity index (χ2v) is 4.59. The van der Waals surface area contributed by atoms with Crippen molar-refractivity contribution in [1.82, 2.24) is 4.90 Å². The molecule has 0 spiro atoms. The number of Topliss-reactive ketones (excluding diaryl/α,β-unsaturated/α-hetero) is 1. The van der Waals surface area contributed by atoms with E-state index in [4.69, 9.17) is 5.73 Å². The highest BCUT2D eigenvalue weighted by atomic mass is 35.5. The Bertz CT molecular complexity index is 428. The van der Waals surface area contributed by atoms with Gasteiger partial charge in [0.05, 0.1) is 6.54 Å². The molecule has 1 aliphatic heterocycles. The maximum absolute atomic E-state index is 12.2. The van der Waals surface area contributed by atoms with Gasteiger partial charge in [0, 0.05) is 24.6 Å². The summed E-state index contributed by atoms with van der Waals surface area (Å²) in [5, 5.41) is 0. The van der Waals surface area contributed by atoms with Crippen LogP contribution in [0.15, 0.2) is 30.3 Å². The lowest BCUT2D eigenvalue weighted by molar-refractivity contribution is -0.130. The van der Waals surface area contributed by atoms with Gasteiger partial charge in [0.15, 0.2) is 5.78 Å². The number of hydrogen-bond acceptors (Lipinski definition) is 3. The summed E-state index contributed by atoms with van der Waals surface area (Å²) >= 11 is 0. The van der Waals surface area contributed by atoms with E-state index in [1.807, 2.05) is 30.3 Å². The molecule has 2 N–H and O–H groups in total. The van der Waals surface area contributed by atoms with Crippen molar-refractivity contribution in [3.63, 3.8) is 0 Å². The van der Waals surface area contributed by atoms with Crippen LogP contribution >= 0.6 is 12.4 Å². The van der Waals surface area contributed by atoms with E-state index in [9.17, 15) is 9.59 Å². The number of nitrogens with two attached hydrogens (primary N) is 1. The number of nitrogens with zero attached hydrogens (tertiary/aromatic N) is 1. The fraction of sp³-hybridized carbons (Fsp3) is 0.429. The smallest absolute Gasteiger partial charge is 0.236 e. The van der Waals surface area contributed by atoms with Gasteiger partial charge in [-0.05, 0) is 12.8 Å². The number of halogens is 1. The molecule has 0 aromatic heterocycles. The molecule has 2 rings (SSSR count). The number of piperidine rings is 1. The zero-order valence-electron chi connectivity index (χ0n) is 10.7. The Hall–Kier alpha value is -1.39. The Morgan fingerprint density at radius 3 is 2.26 bits per heavy atom. The van der Waals surface area contributed by atoms with E-state index in [-0.39, 0.29) is 36.6 Å². The van der Waals surface area contributed by atoms with E-state index in [0.717, 1.165) is 18.4 Å². The van der Waals surface area contributed by atoms with Crippen LogP contribution in [0.1, 0.15) is 23.2 Å². The van der Waals surface area contributed by atoms with Crippen molar-refractivity contribution in [2.45, 2.75) is 12.8 Å². The normalized spacial score (nSPS) is 15.7. The average Bonchev–Trinajstić information content (AvgIpc) is 2.47. The third-order valence-electron chi connectivity index (χ3n) is 3.45. The number of carbonyl (C=O) groups is 2. The minimum Gasteiger partial charge on any atom is -0.342 e. The summed E-state index contributed by atoms with van der Waals surface area (Å²) < 4.78 is 0. The molecule has 0 radical (unpaired) electrons. The lowest BCUT2D eigenvalue weighted by Gasteiger charge is -2.31. The first-order valence-corrected chi connectivity index (χ1v) is 6.29. The van der Waals surface area contributed by atoms with Gasteiger partial charge in [-0.15, -0.1) is 12.4 Å². The number of likely N-dealkylation sites (tertiary alicyclic amines) is 1. The van der Waals surface area contributed by atoms with Crippen molar-refractivity contribution in [2.24, 2.45) is 11.7 Å². The molecular formula is C14H19ClN2O2. The number of ketones is 1. The number of rotatable bonds is 3. The molecule has 1 amide bonds. The third kappa shape index (κ3) is 3.78. The first kappa shape index (κ1) is 15.7. The number of amides is 1. The van der Waals surface area contributed by atoms with Crippen LogP contribution < -0.4 is 5.73 Å². The van der Waals surface area contributed by atoms with Gasteiger partial charge in [0.2, 0.25) is 5.91 Å². The lowest BCUT2D eigenvalue weighted by Crippen LogP contribution is -2.43. The summed E-state index contributed by atoms with van der Waals surface area (Å²) in [5.41, 5.74) is 6.10. The number of carbonyl (C=O) groups excluding carboxylic acids is 2. The summed E-state index contributed by atoms with van der Waals surface area (Å²) in [7, 11) is 0. The first-order valence-electron chi connectivity index (χ1n) is 6.29. The highest BCUT2D eigenvalue weighted by Gasteiger charge is 2.27. The topological polar surface area (TPSA) is 63.4 Å². The van der Waals surface area contributed by atoms with E-state index in [1.165, 1.54) is 0 Å². The molecule has 1 fully saturated rings. The van der Waals surface area contributed by atoms with Crippen molar-refractivity contribution in [3.05, 3.63) is 35.9 Å². The Morgan fingerprint density at radius 1 is 1.16 bits per heavy atom. The van der Waals surface area contributed by atoms with Crippen LogP contribution in [-0.4, -0.2) is 36.2 Å². The van der Waals surface area contributed by atoms with Gasteiger partial charge in [-0.3, -0.25) is 9.59 Å². The molecule has 0 atom stereocenters. The predicted molar refractivity (Wildman–Crippen MR) is 76.4 cm³/mol. The molecule has 1 aromatic carbocycles. The summed E-state index contributed by atoms with van der Waals surface area (Å²) in [6.45, 7) is 1.33. The fourth-order valence-corrected chi connectivity index (χ4v) is 2.36. The Kier molecular flexibility index (Phi) is 5.99. The van der Waals surface area contributed by atoms with Gasteiger partial charge < -0.3 is 10.6 Å². The second-order valence-electron chi connectivity index (χ2n) is 4.59. The standard InChI is InChI=1S/C14H18N2O2.ClH/c15-10-13(17)16-8-6-12(7-9-16)14(18)11-4-2-1-3-5-11;/h1-5,12H,6-10,15H2;1H. The summed E-state index contributed by atoms with van der Waals surface area (Å²) in [5.74, 6) is 0.199. The Balaban J connectivity index is 0.00000180. The van der Waals surface area contributed by atoms with Crippen LogP contribution in [-0.2, 0) is 4.79 Å². The predicted octanol–water partition coefficient (Wildman–Crippen LogP) is 1.49. The van der Waals surface area contributed by atoms with Crippen molar-refractivity contribution in [2.75, 3.05) is 19.6 Å². The van der Waals surface area contributed by atoms with E-state index in [2.05, 4.69) is 0 Å². The highest BCUT2D eigenvalue weighted by Crippen LogP contribution is 2.21. The maximum Gasteiger partial charge on any atom is 0.236 e. The monoisotopic (exact) mass is 282 g/mol. The lowest BCUT2D eigenvalue weighted by atomic mass is 9.89. The van der Waals surface area contributed by atoms with Crippen molar-refractivity contribution < 1.29 is 9.59 Å². The minimum atomic E-state index is -0.0272. The third-order valence-corrected chi connectivity index (χ3v) is 3.45. The Labute approximate surface area is 119 Å². The zero-order chi connectivity index (χ0) is 13.0. The molecule has 0 unspecified atom stereocenters. The quantitative estimate of drug-likeness (QED) is 0.855. The van der Waals surface area contributed by atoms with Crippen molar-refractivity contribution in [1.29, 1.82) is 0 Å². The molecule has 1 saturated heterocycles. The van der Waals surface area contributed by atoms with Gasteiger partial charge in [0.1, 0.15) is 0 Å². The SMILES string of the molecule is Cl.NCC(=O)N1CCC(C(=O)c2ccccc2)CC1. The van der Waals surface area contributed by atoms with Crippen LogP contribution in [0.2, 0.25) is 0 Å². The summed E-state index contributed by atoms with van der Waals surface area (Å²) in [6.07, 6.45) is 1.47. The molecule has 0 aliphatic carbocycles. The first-order chi connectivity index (χ1) is 8.72. The van der Waals surface area contributed by atoms with E-state index < -0.39 is 0 Å². The largest absolute Gasteiger partial charge is 0.342 e. The molecule has 4 nitrogen and oxygen atoms in total. The molecule has 19 heavy (non-hydrogen) atoms. The number of hydrogen-bond donors (Lipinski definition) is 1. The zero-order valence-corrected chi connectivity index (χ0v) is 11.6. The highest BCUT2D eigenvalue weighted by molar-refractivity contribution is 5.98. The molecular weight excluding hydrogens is 264 g/mol. The van der Waals surface area contributed by atoms with E-state index >= 15 is 0 Å². The van der Waals surface area contributed by atoms with Crippen molar-refractivity contribution >= 4 is 24.1 Å². The molecule has 0 bridgehead atoms. The number of benzene rings is 1.